The predicted molar refractivity (Wildman–Crippen MR) is 92.2 cm³/mol. The second kappa shape index (κ2) is 7.79. The minimum absolute atomic E-state index is 0.0101. The number of carbonyl (C=O) groups excluding carboxylic acids is 1. The molecular formula is C20H25NO. The predicted octanol–water partition coefficient (Wildman–Crippen LogP) is 4.56. The molecule has 2 aromatic rings. The summed E-state index contributed by atoms with van der Waals surface area (Å²) in [5, 5.41) is 3.08. The van der Waals surface area contributed by atoms with E-state index in [-0.39, 0.29) is 11.9 Å². The summed E-state index contributed by atoms with van der Waals surface area (Å²) >= 11 is 0. The van der Waals surface area contributed by atoms with E-state index >= 15 is 0 Å². The number of carbonyl (C=O) groups is 1. The molecule has 0 aliphatic rings. The molecule has 2 nitrogen and oxygen atoms in total. The first kappa shape index (κ1) is 16.3. The van der Waals surface area contributed by atoms with Crippen LogP contribution < -0.4 is 5.32 Å². The van der Waals surface area contributed by atoms with E-state index in [0.717, 1.165) is 18.4 Å². The average molecular weight is 295 g/mol. The fourth-order valence-corrected chi connectivity index (χ4v) is 2.43. The highest BCUT2D eigenvalue weighted by atomic mass is 16.1. The van der Waals surface area contributed by atoms with Gasteiger partial charge in [-0.3, -0.25) is 4.79 Å². The zero-order chi connectivity index (χ0) is 15.9. The summed E-state index contributed by atoms with van der Waals surface area (Å²) < 4.78 is 0. The molecule has 0 aromatic heterocycles. The van der Waals surface area contributed by atoms with Crippen LogP contribution in [0.1, 0.15) is 54.6 Å². The molecule has 1 N–H and O–H groups in total. The van der Waals surface area contributed by atoms with Gasteiger partial charge in [-0.05, 0) is 48.9 Å². The summed E-state index contributed by atoms with van der Waals surface area (Å²) in [4.78, 5) is 12.2. The Morgan fingerprint density at radius 2 is 1.59 bits per heavy atom. The second-order valence-corrected chi connectivity index (χ2v) is 6.18. The minimum Gasteiger partial charge on any atom is -0.350 e. The van der Waals surface area contributed by atoms with Gasteiger partial charge in [0.25, 0.3) is 5.91 Å². The lowest BCUT2D eigenvalue weighted by atomic mass is 10.0. The van der Waals surface area contributed by atoms with Crippen LogP contribution in [-0.4, -0.2) is 11.9 Å². The first-order valence-electron chi connectivity index (χ1n) is 8.01. The number of nitrogens with one attached hydrogen (secondary N) is 1. The zero-order valence-corrected chi connectivity index (χ0v) is 13.7. The van der Waals surface area contributed by atoms with E-state index < -0.39 is 0 Å². The van der Waals surface area contributed by atoms with Crippen LogP contribution in [0.15, 0.2) is 54.6 Å². The van der Waals surface area contributed by atoms with Crippen LogP contribution in [0, 0.1) is 0 Å². The van der Waals surface area contributed by atoms with Crippen molar-refractivity contribution in [3.63, 3.8) is 0 Å². The van der Waals surface area contributed by atoms with Crippen molar-refractivity contribution >= 4 is 5.91 Å². The van der Waals surface area contributed by atoms with Gasteiger partial charge in [0.05, 0.1) is 0 Å². The first-order valence-corrected chi connectivity index (χ1v) is 8.01. The maximum atomic E-state index is 12.2. The van der Waals surface area contributed by atoms with Crippen LogP contribution in [0.4, 0.5) is 0 Å². The fourth-order valence-electron chi connectivity index (χ4n) is 2.43. The van der Waals surface area contributed by atoms with Crippen molar-refractivity contribution < 1.29 is 4.79 Å². The van der Waals surface area contributed by atoms with Crippen LogP contribution in [0.2, 0.25) is 0 Å². The fraction of sp³-hybridized carbons (Fsp3) is 0.350. The van der Waals surface area contributed by atoms with Gasteiger partial charge in [-0.2, -0.15) is 0 Å². The van der Waals surface area contributed by atoms with Gasteiger partial charge in [0.15, 0.2) is 0 Å². The summed E-state index contributed by atoms with van der Waals surface area (Å²) in [6.45, 7) is 6.37. The Morgan fingerprint density at radius 1 is 0.955 bits per heavy atom. The molecule has 0 spiro atoms. The summed E-state index contributed by atoms with van der Waals surface area (Å²) in [6.07, 6.45) is 1.93. The van der Waals surface area contributed by atoms with Gasteiger partial charge in [-0.25, -0.2) is 0 Å². The molecule has 0 radical (unpaired) electrons. The lowest BCUT2D eigenvalue weighted by Gasteiger charge is -2.14. The number of rotatable bonds is 6. The number of benzene rings is 2. The van der Waals surface area contributed by atoms with Crippen molar-refractivity contribution in [1.29, 1.82) is 0 Å². The highest BCUT2D eigenvalue weighted by Crippen LogP contribution is 2.15. The van der Waals surface area contributed by atoms with Crippen LogP contribution >= 0.6 is 0 Å². The van der Waals surface area contributed by atoms with E-state index in [9.17, 15) is 4.79 Å². The quantitative estimate of drug-likeness (QED) is 0.831. The minimum atomic E-state index is 0.0101. The molecule has 1 amide bonds. The van der Waals surface area contributed by atoms with Crippen LogP contribution in [-0.2, 0) is 6.42 Å². The maximum absolute atomic E-state index is 12.2. The molecule has 1 atom stereocenters. The average Bonchev–Trinajstić information content (AvgIpc) is 2.54. The molecule has 22 heavy (non-hydrogen) atoms. The molecule has 2 rings (SSSR count). The van der Waals surface area contributed by atoms with E-state index in [1.807, 2.05) is 30.3 Å². The molecule has 0 saturated heterocycles. The van der Waals surface area contributed by atoms with Crippen LogP contribution in [0.5, 0.6) is 0 Å². The Kier molecular flexibility index (Phi) is 5.76. The first-order chi connectivity index (χ1) is 10.6. The normalized spacial score (nSPS) is 12.2. The molecule has 0 aliphatic carbocycles. The zero-order valence-electron chi connectivity index (χ0n) is 13.7. The van der Waals surface area contributed by atoms with Crippen molar-refractivity contribution in [3.05, 3.63) is 71.3 Å². The molecular weight excluding hydrogens is 270 g/mol. The Morgan fingerprint density at radius 3 is 2.18 bits per heavy atom. The summed E-state index contributed by atoms with van der Waals surface area (Å²) in [5.74, 6) is 0.498. The summed E-state index contributed by atoms with van der Waals surface area (Å²) in [6, 6.07) is 18.4. The van der Waals surface area contributed by atoms with Gasteiger partial charge >= 0.3 is 0 Å². The molecule has 2 heteroatoms. The highest BCUT2D eigenvalue weighted by molar-refractivity contribution is 5.94. The number of amides is 1. The molecule has 0 fully saturated rings. The highest BCUT2D eigenvalue weighted by Gasteiger charge is 2.10. The summed E-state index contributed by atoms with van der Waals surface area (Å²) in [7, 11) is 0. The van der Waals surface area contributed by atoms with Gasteiger partial charge in [0.2, 0.25) is 0 Å². The molecule has 0 aliphatic heterocycles. The molecule has 0 bridgehead atoms. The van der Waals surface area contributed by atoms with E-state index in [2.05, 4.69) is 50.4 Å². The van der Waals surface area contributed by atoms with Gasteiger partial charge in [-0.15, -0.1) is 0 Å². The van der Waals surface area contributed by atoms with E-state index in [0.29, 0.717) is 5.92 Å². The van der Waals surface area contributed by atoms with E-state index in [1.165, 1.54) is 11.1 Å². The lowest BCUT2D eigenvalue weighted by Crippen LogP contribution is -2.32. The van der Waals surface area contributed by atoms with Gasteiger partial charge in [0, 0.05) is 11.6 Å². The van der Waals surface area contributed by atoms with Crippen molar-refractivity contribution in [1.82, 2.24) is 5.32 Å². The Balaban J connectivity index is 1.85. The van der Waals surface area contributed by atoms with E-state index in [1.54, 1.807) is 0 Å². The SMILES string of the molecule is CC(CCc1ccccc1)NC(=O)c1ccc(C(C)C)cc1. The van der Waals surface area contributed by atoms with E-state index in [4.69, 9.17) is 0 Å². The third kappa shape index (κ3) is 4.73. The monoisotopic (exact) mass is 295 g/mol. The van der Waals surface area contributed by atoms with Crippen LogP contribution in [0.3, 0.4) is 0 Å². The van der Waals surface area contributed by atoms with Crippen molar-refractivity contribution in [2.45, 2.75) is 45.6 Å². The maximum Gasteiger partial charge on any atom is 0.251 e. The third-order valence-corrected chi connectivity index (χ3v) is 3.93. The largest absolute Gasteiger partial charge is 0.350 e. The van der Waals surface area contributed by atoms with Gasteiger partial charge in [-0.1, -0.05) is 56.3 Å². The third-order valence-electron chi connectivity index (χ3n) is 3.93. The molecule has 116 valence electrons. The number of hydrogen-bond donors (Lipinski definition) is 1. The van der Waals surface area contributed by atoms with Crippen molar-refractivity contribution in [3.8, 4) is 0 Å². The molecule has 0 saturated carbocycles. The number of aryl methyl sites for hydroxylation is 1. The Hall–Kier alpha value is -2.09. The van der Waals surface area contributed by atoms with Gasteiger partial charge in [0.1, 0.15) is 0 Å². The second-order valence-electron chi connectivity index (χ2n) is 6.18. The standard InChI is InChI=1S/C20H25NO/c1-15(2)18-11-13-19(14-12-18)20(22)21-16(3)9-10-17-7-5-4-6-8-17/h4-8,11-16H,9-10H2,1-3H3,(H,21,22). The Bertz CT molecular complexity index is 587. The molecule has 2 aromatic carbocycles. The van der Waals surface area contributed by atoms with Gasteiger partial charge < -0.3 is 5.32 Å². The van der Waals surface area contributed by atoms with Crippen molar-refractivity contribution in [2.75, 3.05) is 0 Å². The Labute approximate surface area is 133 Å². The number of hydrogen-bond acceptors (Lipinski definition) is 1. The molecule has 1 unspecified atom stereocenters. The molecule has 0 heterocycles. The summed E-state index contributed by atoms with van der Waals surface area (Å²) in [5.41, 5.74) is 3.30. The van der Waals surface area contributed by atoms with Crippen LogP contribution in [0.25, 0.3) is 0 Å². The lowest BCUT2D eigenvalue weighted by molar-refractivity contribution is 0.0938. The smallest absolute Gasteiger partial charge is 0.251 e. The topological polar surface area (TPSA) is 29.1 Å². The van der Waals surface area contributed by atoms with Crippen molar-refractivity contribution in [2.24, 2.45) is 0 Å².